The monoisotopic (exact) mass is 371 g/mol. The van der Waals surface area contributed by atoms with Gasteiger partial charge in [0.05, 0.1) is 10.0 Å². The SMILES string of the molecule is O=C(CNC(=O)c1ccc(Cl)c(Cl)c1)OCc1ccccc1Cl. The van der Waals surface area contributed by atoms with E-state index in [1.54, 1.807) is 24.3 Å². The van der Waals surface area contributed by atoms with Gasteiger partial charge < -0.3 is 10.1 Å². The Balaban J connectivity index is 1.83. The first-order chi connectivity index (χ1) is 11.0. The molecular weight excluding hydrogens is 361 g/mol. The highest BCUT2D eigenvalue weighted by atomic mass is 35.5. The molecule has 1 amide bonds. The van der Waals surface area contributed by atoms with Gasteiger partial charge in [0, 0.05) is 16.1 Å². The van der Waals surface area contributed by atoms with Crippen molar-refractivity contribution in [3.8, 4) is 0 Å². The molecule has 0 aliphatic heterocycles. The molecule has 7 heteroatoms. The fraction of sp³-hybridized carbons (Fsp3) is 0.125. The molecule has 0 unspecified atom stereocenters. The molecule has 0 saturated heterocycles. The number of carbonyl (C=O) groups is 2. The van der Waals surface area contributed by atoms with E-state index in [9.17, 15) is 9.59 Å². The summed E-state index contributed by atoms with van der Waals surface area (Å²) in [6.45, 7) is -0.218. The van der Waals surface area contributed by atoms with Crippen molar-refractivity contribution in [3.63, 3.8) is 0 Å². The third-order valence-corrected chi connectivity index (χ3v) is 4.03. The first kappa shape index (κ1) is 17.6. The van der Waals surface area contributed by atoms with Crippen molar-refractivity contribution < 1.29 is 14.3 Å². The standard InChI is InChI=1S/C16H12Cl3NO3/c17-12-4-2-1-3-11(12)9-23-15(21)8-20-16(22)10-5-6-13(18)14(19)7-10/h1-7H,8-9H2,(H,20,22). The summed E-state index contributed by atoms with van der Waals surface area (Å²) in [6, 6.07) is 11.5. The highest BCUT2D eigenvalue weighted by molar-refractivity contribution is 6.42. The smallest absolute Gasteiger partial charge is 0.325 e. The van der Waals surface area contributed by atoms with E-state index in [2.05, 4.69) is 5.32 Å². The maximum Gasteiger partial charge on any atom is 0.325 e. The van der Waals surface area contributed by atoms with Crippen LogP contribution in [0, 0.1) is 0 Å². The molecule has 0 heterocycles. The molecule has 2 aromatic carbocycles. The van der Waals surface area contributed by atoms with Crippen LogP contribution in [-0.4, -0.2) is 18.4 Å². The van der Waals surface area contributed by atoms with Crippen LogP contribution in [0.4, 0.5) is 0 Å². The molecule has 0 radical (unpaired) electrons. The second kappa shape index (κ2) is 8.20. The molecule has 0 atom stereocenters. The molecule has 2 rings (SSSR count). The molecule has 0 aliphatic carbocycles. The molecule has 2 aromatic rings. The largest absolute Gasteiger partial charge is 0.459 e. The van der Waals surface area contributed by atoms with Crippen molar-refractivity contribution in [3.05, 3.63) is 68.7 Å². The maximum atomic E-state index is 11.9. The number of halogens is 3. The lowest BCUT2D eigenvalue weighted by atomic mass is 10.2. The summed E-state index contributed by atoms with van der Waals surface area (Å²) < 4.78 is 5.05. The van der Waals surface area contributed by atoms with E-state index in [1.807, 2.05) is 0 Å². The predicted octanol–water partition coefficient (Wildman–Crippen LogP) is 4.12. The summed E-state index contributed by atoms with van der Waals surface area (Å²) in [6.07, 6.45) is 0. The molecule has 0 aliphatic rings. The third kappa shape index (κ3) is 5.13. The summed E-state index contributed by atoms with van der Waals surface area (Å²) >= 11 is 17.6. The first-order valence-electron chi connectivity index (χ1n) is 6.59. The minimum Gasteiger partial charge on any atom is -0.459 e. The summed E-state index contributed by atoms with van der Waals surface area (Å²) in [5.74, 6) is -1.02. The van der Waals surface area contributed by atoms with Crippen molar-refractivity contribution in [1.29, 1.82) is 0 Å². The fourth-order valence-electron chi connectivity index (χ4n) is 1.72. The minimum atomic E-state index is -0.571. The van der Waals surface area contributed by atoms with Crippen molar-refractivity contribution in [1.82, 2.24) is 5.32 Å². The summed E-state index contributed by atoms with van der Waals surface area (Å²) in [5, 5.41) is 3.58. The zero-order valence-electron chi connectivity index (χ0n) is 11.8. The lowest BCUT2D eigenvalue weighted by molar-refractivity contribution is -0.143. The molecule has 0 bridgehead atoms. The van der Waals surface area contributed by atoms with Gasteiger partial charge in [-0.25, -0.2) is 0 Å². The Morgan fingerprint density at radius 2 is 1.70 bits per heavy atom. The Labute approximate surface area is 148 Å². The van der Waals surface area contributed by atoms with E-state index in [0.717, 1.165) is 0 Å². The Morgan fingerprint density at radius 1 is 0.957 bits per heavy atom. The molecule has 1 N–H and O–H groups in total. The van der Waals surface area contributed by atoms with Gasteiger partial charge in [-0.15, -0.1) is 0 Å². The van der Waals surface area contributed by atoms with E-state index in [0.29, 0.717) is 21.2 Å². The molecule has 0 spiro atoms. The van der Waals surface area contributed by atoms with Crippen molar-refractivity contribution in [2.75, 3.05) is 6.54 Å². The first-order valence-corrected chi connectivity index (χ1v) is 7.73. The van der Waals surface area contributed by atoms with Crippen LogP contribution >= 0.6 is 34.8 Å². The number of benzene rings is 2. The number of hydrogen-bond donors (Lipinski definition) is 1. The van der Waals surface area contributed by atoms with Gasteiger partial charge in [-0.05, 0) is 24.3 Å². The Morgan fingerprint density at radius 3 is 2.39 bits per heavy atom. The molecule has 0 saturated carbocycles. The molecule has 0 fully saturated rings. The van der Waals surface area contributed by atoms with Crippen LogP contribution in [0.1, 0.15) is 15.9 Å². The number of ether oxygens (including phenoxy) is 1. The van der Waals surface area contributed by atoms with Crippen LogP contribution in [0.2, 0.25) is 15.1 Å². The van der Waals surface area contributed by atoms with Crippen molar-refractivity contribution >= 4 is 46.7 Å². The van der Waals surface area contributed by atoms with E-state index in [1.165, 1.54) is 18.2 Å². The average Bonchev–Trinajstić information content (AvgIpc) is 2.54. The van der Waals surface area contributed by atoms with Gasteiger partial charge in [0.1, 0.15) is 13.2 Å². The van der Waals surface area contributed by atoms with Crippen molar-refractivity contribution in [2.24, 2.45) is 0 Å². The van der Waals surface area contributed by atoms with Crippen LogP contribution in [0.3, 0.4) is 0 Å². The van der Waals surface area contributed by atoms with Gasteiger partial charge in [-0.1, -0.05) is 53.0 Å². The highest BCUT2D eigenvalue weighted by Gasteiger charge is 2.11. The Kier molecular flexibility index (Phi) is 6.28. The van der Waals surface area contributed by atoms with Gasteiger partial charge >= 0.3 is 5.97 Å². The molecular formula is C16H12Cl3NO3. The number of amides is 1. The Bertz CT molecular complexity index is 734. The number of rotatable bonds is 5. The normalized spacial score (nSPS) is 10.2. The zero-order valence-corrected chi connectivity index (χ0v) is 14.1. The van der Waals surface area contributed by atoms with E-state index in [4.69, 9.17) is 39.5 Å². The van der Waals surface area contributed by atoms with Gasteiger partial charge in [0.2, 0.25) is 0 Å². The number of nitrogens with one attached hydrogen (secondary N) is 1. The van der Waals surface area contributed by atoms with Crippen molar-refractivity contribution in [2.45, 2.75) is 6.61 Å². The minimum absolute atomic E-state index is 0.0428. The second-order valence-electron chi connectivity index (χ2n) is 4.56. The van der Waals surface area contributed by atoms with Crippen LogP contribution in [0.5, 0.6) is 0 Å². The highest BCUT2D eigenvalue weighted by Crippen LogP contribution is 2.22. The predicted molar refractivity (Wildman–Crippen MR) is 90.0 cm³/mol. The number of carbonyl (C=O) groups excluding carboxylic acids is 2. The maximum absolute atomic E-state index is 11.9. The summed E-state index contributed by atoms with van der Waals surface area (Å²) in [5.41, 5.74) is 0.997. The quantitative estimate of drug-likeness (QED) is 0.803. The van der Waals surface area contributed by atoms with Gasteiger partial charge in [-0.3, -0.25) is 9.59 Å². The topological polar surface area (TPSA) is 55.4 Å². The zero-order chi connectivity index (χ0) is 16.8. The van der Waals surface area contributed by atoms with Gasteiger partial charge in [0.25, 0.3) is 5.91 Å². The van der Waals surface area contributed by atoms with Gasteiger partial charge in [0.15, 0.2) is 0 Å². The fourth-order valence-corrected chi connectivity index (χ4v) is 2.20. The van der Waals surface area contributed by atoms with Crippen LogP contribution in [0.15, 0.2) is 42.5 Å². The van der Waals surface area contributed by atoms with Crippen LogP contribution < -0.4 is 5.32 Å². The van der Waals surface area contributed by atoms with E-state index in [-0.39, 0.29) is 18.2 Å². The Hall–Kier alpha value is -1.75. The van der Waals surface area contributed by atoms with E-state index < -0.39 is 11.9 Å². The third-order valence-electron chi connectivity index (χ3n) is 2.92. The number of esters is 1. The lowest BCUT2D eigenvalue weighted by Gasteiger charge is -2.08. The van der Waals surface area contributed by atoms with Gasteiger partial charge in [-0.2, -0.15) is 0 Å². The van der Waals surface area contributed by atoms with E-state index >= 15 is 0 Å². The molecule has 120 valence electrons. The second-order valence-corrected chi connectivity index (χ2v) is 5.79. The summed E-state index contributed by atoms with van der Waals surface area (Å²) in [7, 11) is 0. The molecule has 4 nitrogen and oxygen atoms in total. The molecule has 0 aromatic heterocycles. The summed E-state index contributed by atoms with van der Waals surface area (Å²) in [4.78, 5) is 23.6. The number of hydrogen-bond acceptors (Lipinski definition) is 3. The van der Waals surface area contributed by atoms with Crippen LogP contribution in [-0.2, 0) is 16.1 Å². The average molecular weight is 373 g/mol. The van der Waals surface area contributed by atoms with Crippen LogP contribution in [0.25, 0.3) is 0 Å². The molecule has 23 heavy (non-hydrogen) atoms. The lowest BCUT2D eigenvalue weighted by Crippen LogP contribution is -2.30.